The first-order chi connectivity index (χ1) is 5.70. The van der Waals surface area contributed by atoms with E-state index in [1.807, 2.05) is 0 Å². The molecular weight excluding hydrogens is 221 g/mol. The first-order valence-corrected chi connectivity index (χ1v) is 5.04. The molecule has 1 aliphatic rings. The summed E-state index contributed by atoms with van der Waals surface area (Å²) >= 11 is 0. The van der Waals surface area contributed by atoms with Crippen LogP contribution in [0.2, 0.25) is 0 Å². The zero-order valence-corrected chi connectivity index (χ0v) is 8.14. The zero-order valence-electron chi connectivity index (χ0n) is 6.17. The second kappa shape index (κ2) is 2.71. The molecule has 1 fully saturated rings. The SMILES string of the molecule is O=C1CC(P)(S(=O)(=O)O)C(=O)N1O. The Morgan fingerprint density at radius 1 is 1.46 bits per heavy atom. The van der Waals surface area contributed by atoms with Gasteiger partial charge in [0.15, 0.2) is 4.49 Å². The number of rotatable bonds is 1. The van der Waals surface area contributed by atoms with Crippen molar-refractivity contribution in [3.05, 3.63) is 0 Å². The van der Waals surface area contributed by atoms with E-state index >= 15 is 0 Å². The Hall–Kier alpha value is -0.560. The van der Waals surface area contributed by atoms with Gasteiger partial charge in [-0.15, -0.1) is 9.24 Å². The highest BCUT2D eigenvalue weighted by atomic mass is 32.2. The van der Waals surface area contributed by atoms with Crippen molar-refractivity contribution in [2.75, 3.05) is 0 Å². The number of hydroxylamine groups is 2. The Labute approximate surface area is 75.6 Å². The summed E-state index contributed by atoms with van der Waals surface area (Å²) in [6.45, 7) is 0. The van der Waals surface area contributed by atoms with E-state index < -0.39 is 32.8 Å². The van der Waals surface area contributed by atoms with Gasteiger partial charge < -0.3 is 0 Å². The minimum atomic E-state index is -4.73. The van der Waals surface area contributed by atoms with Crippen LogP contribution in [0.25, 0.3) is 0 Å². The number of hydrogen-bond donors (Lipinski definition) is 2. The molecule has 1 rings (SSSR count). The number of amides is 2. The molecule has 7 nitrogen and oxygen atoms in total. The van der Waals surface area contributed by atoms with Crippen LogP contribution in [-0.4, -0.2) is 39.5 Å². The molecule has 0 radical (unpaired) electrons. The molecule has 2 unspecified atom stereocenters. The quantitative estimate of drug-likeness (QED) is 0.246. The van der Waals surface area contributed by atoms with Crippen LogP contribution in [0.3, 0.4) is 0 Å². The van der Waals surface area contributed by atoms with E-state index in [0.29, 0.717) is 0 Å². The van der Waals surface area contributed by atoms with Crippen molar-refractivity contribution in [1.29, 1.82) is 0 Å². The maximum absolute atomic E-state index is 11.0. The first-order valence-electron chi connectivity index (χ1n) is 3.02. The van der Waals surface area contributed by atoms with Crippen LogP contribution in [0.5, 0.6) is 0 Å². The standard InChI is InChI=1S/C4H6NO6PS/c6-2-1-4(12,13(9,10)11)3(7)5(2)8/h8H,1,12H2,(H,9,10,11). The van der Waals surface area contributed by atoms with Gasteiger partial charge in [0.05, 0.1) is 6.42 Å². The van der Waals surface area contributed by atoms with E-state index in [4.69, 9.17) is 9.76 Å². The molecule has 1 aliphatic heterocycles. The summed E-state index contributed by atoms with van der Waals surface area (Å²) in [4.78, 5) is 21.7. The van der Waals surface area contributed by atoms with E-state index in [1.165, 1.54) is 0 Å². The summed E-state index contributed by atoms with van der Waals surface area (Å²) in [7, 11) is -3.17. The summed E-state index contributed by atoms with van der Waals surface area (Å²) in [5.74, 6) is -2.44. The van der Waals surface area contributed by atoms with Gasteiger partial charge in [-0.25, -0.2) is 0 Å². The van der Waals surface area contributed by atoms with Crippen molar-refractivity contribution in [1.82, 2.24) is 5.06 Å². The monoisotopic (exact) mass is 227 g/mol. The predicted octanol–water partition coefficient (Wildman–Crippen LogP) is -1.41. The fourth-order valence-electron chi connectivity index (χ4n) is 0.869. The second-order valence-electron chi connectivity index (χ2n) is 2.55. The lowest BCUT2D eigenvalue weighted by Crippen LogP contribution is -2.40. The molecule has 0 aromatic rings. The molecular formula is C4H6NO6PS. The molecule has 1 saturated heterocycles. The lowest BCUT2D eigenvalue weighted by atomic mass is 10.3. The Kier molecular flexibility index (Phi) is 2.20. The number of nitrogens with zero attached hydrogens (tertiary/aromatic N) is 1. The van der Waals surface area contributed by atoms with Gasteiger partial charge in [0.1, 0.15) is 0 Å². The molecule has 0 aromatic heterocycles. The highest BCUT2D eigenvalue weighted by Gasteiger charge is 2.57. The molecule has 0 spiro atoms. The van der Waals surface area contributed by atoms with Gasteiger partial charge >= 0.3 is 0 Å². The maximum atomic E-state index is 11.0. The van der Waals surface area contributed by atoms with Crippen LogP contribution < -0.4 is 0 Å². The van der Waals surface area contributed by atoms with E-state index in [2.05, 4.69) is 0 Å². The number of imide groups is 1. The van der Waals surface area contributed by atoms with Gasteiger partial charge in [-0.2, -0.15) is 13.5 Å². The molecule has 2 atom stereocenters. The Bertz CT molecular complexity index is 376. The molecule has 0 saturated carbocycles. The molecule has 9 heteroatoms. The highest BCUT2D eigenvalue weighted by Crippen LogP contribution is 2.36. The molecule has 2 amide bonds. The van der Waals surface area contributed by atoms with Gasteiger partial charge in [0, 0.05) is 0 Å². The Balaban J connectivity index is 3.24. The molecule has 74 valence electrons. The Morgan fingerprint density at radius 2 is 1.92 bits per heavy atom. The normalized spacial score (nSPS) is 29.9. The fourth-order valence-corrected chi connectivity index (χ4v) is 1.78. The molecule has 2 N–H and O–H groups in total. The number of hydrogen-bond acceptors (Lipinski definition) is 5. The molecule has 0 aliphatic carbocycles. The zero-order chi connectivity index (χ0) is 10.4. The van der Waals surface area contributed by atoms with Crippen molar-refractivity contribution in [3.63, 3.8) is 0 Å². The van der Waals surface area contributed by atoms with Gasteiger partial charge in [-0.1, -0.05) is 0 Å². The topological polar surface area (TPSA) is 112 Å². The minimum absolute atomic E-state index is 0.319. The van der Waals surface area contributed by atoms with Crippen molar-refractivity contribution < 1.29 is 27.8 Å². The summed E-state index contributed by atoms with van der Waals surface area (Å²) < 4.78 is 27.7. The molecule has 0 bridgehead atoms. The lowest BCUT2D eigenvalue weighted by Gasteiger charge is -2.14. The minimum Gasteiger partial charge on any atom is -0.284 e. The second-order valence-corrected chi connectivity index (χ2v) is 5.63. The maximum Gasteiger partial charge on any atom is 0.284 e. The molecule has 13 heavy (non-hydrogen) atoms. The van der Waals surface area contributed by atoms with Gasteiger partial charge in [-0.05, 0) is 0 Å². The summed E-state index contributed by atoms with van der Waals surface area (Å²) in [6, 6.07) is 0. The Morgan fingerprint density at radius 3 is 2.08 bits per heavy atom. The van der Waals surface area contributed by atoms with Gasteiger partial charge in [-0.3, -0.25) is 19.3 Å². The van der Waals surface area contributed by atoms with Crippen LogP contribution in [0.15, 0.2) is 0 Å². The van der Waals surface area contributed by atoms with Crippen LogP contribution in [0, 0.1) is 0 Å². The summed E-state index contributed by atoms with van der Waals surface area (Å²) in [5, 5.41) is 8.39. The van der Waals surface area contributed by atoms with Gasteiger partial charge in [0.2, 0.25) is 0 Å². The predicted molar refractivity (Wildman–Crippen MR) is 42.2 cm³/mol. The molecule has 0 aromatic carbocycles. The average Bonchev–Trinajstić information content (AvgIpc) is 2.15. The number of carbonyl (C=O) groups excluding carboxylic acids is 2. The van der Waals surface area contributed by atoms with E-state index in [9.17, 15) is 18.0 Å². The van der Waals surface area contributed by atoms with Gasteiger partial charge in [0.25, 0.3) is 21.9 Å². The summed E-state index contributed by atoms with van der Waals surface area (Å²) in [6.07, 6.45) is -0.786. The third kappa shape index (κ3) is 1.35. The van der Waals surface area contributed by atoms with Crippen molar-refractivity contribution in [3.8, 4) is 0 Å². The smallest absolute Gasteiger partial charge is 0.284 e. The largest absolute Gasteiger partial charge is 0.284 e. The van der Waals surface area contributed by atoms with Crippen molar-refractivity contribution in [2.45, 2.75) is 10.9 Å². The van der Waals surface area contributed by atoms with Crippen LogP contribution in [-0.2, 0) is 19.7 Å². The third-order valence-electron chi connectivity index (χ3n) is 1.66. The van der Waals surface area contributed by atoms with Crippen LogP contribution >= 0.6 is 9.24 Å². The molecule has 1 heterocycles. The third-order valence-corrected chi connectivity index (χ3v) is 4.25. The van der Waals surface area contributed by atoms with E-state index in [-0.39, 0.29) is 5.06 Å². The fraction of sp³-hybridized carbons (Fsp3) is 0.500. The first kappa shape index (κ1) is 10.5. The van der Waals surface area contributed by atoms with Crippen LogP contribution in [0.1, 0.15) is 6.42 Å². The van der Waals surface area contributed by atoms with E-state index in [1.54, 1.807) is 9.24 Å². The van der Waals surface area contributed by atoms with E-state index in [0.717, 1.165) is 0 Å². The highest BCUT2D eigenvalue weighted by molar-refractivity contribution is 7.92. The summed E-state index contributed by atoms with van der Waals surface area (Å²) in [5.41, 5.74) is 0. The average molecular weight is 227 g/mol. The van der Waals surface area contributed by atoms with Crippen molar-refractivity contribution >= 4 is 31.2 Å². The van der Waals surface area contributed by atoms with Crippen LogP contribution in [0.4, 0.5) is 0 Å². The number of carbonyl (C=O) groups is 2. The lowest BCUT2D eigenvalue weighted by molar-refractivity contribution is -0.171. The van der Waals surface area contributed by atoms with Crippen molar-refractivity contribution in [2.24, 2.45) is 0 Å².